The van der Waals surface area contributed by atoms with E-state index < -0.39 is 21.1 Å². The molecule has 0 saturated carbocycles. The quantitative estimate of drug-likeness (QED) is 0.322. The van der Waals surface area contributed by atoms with Crippen LogP contribution in [-0.2, 0) is 0 Å². The van der Waals surface area contributed by atoms with E-state index in [2.05, 4.69) is 5.73 Å². The van der Waals surface area contributed by atoms with Crippen LogP contribution >= 0.6 is 0 Å². The number of nitro groups is 3. The van der Waals surface area contributed by atoms with E-state index in [0.29, 0.717) is 0 Å². The molecular formula is C2H6N4O6. The third-order valence-corrected chi connectivity index (χ3v) is 0.566. The monoisotopic (exact) mass is 182 g/mol. The molecule has 70 valence electrons. The van der Waals surface area contributed by atoms with Crippen molar-refractivity contribution >= 4 is 0 Å². The summed E-state index contributed by atoms with van der Waals surface area (Å²) in [6, 6.07) is 0. The van der Waals surface area contributed by atoms with Crippen molar-refractivity contribution in [3.63, 3.8) is 0 Å². The Morgan fingerprint density at radius 2 is 1.08 bits per heavy atom. The van der Waals surface area contributed by atoms with E-state index >= 15 is 0 Å². The fourth-order valence-corrected chi connectivity index (χ4v) is 0.231. The van der Waals surface area contributed by atoms with Gasteiger partial charge in [-0.25, -0.2) is 0 Å². The Labute approximate surface area is 65.4 Å². The first kappa shape index (κ1) is 12.8. The predicted molar refractivity (Wildman–Crippen MR) is 34.9 cm³/mol. The highest BCUT2D eigenvalue weighted by Crippen LogP contribution is 1.90. The molecule has 0 aromatic carbocycles. The summed E-state index contributed by atoms with van der Waals surface area (Å²) in [5.74, 6) is 0. The van der Waals surface area contributed by atoms with E-state index in [-0.39, 0.29) is 0 Å². The minimum Gasteiger partial charge on any atom is -0.333 e. The van der Waals surface area contributed by atoms with Crippen molar-refractivity contribution in [2.45, 2.75) is 6.29 Å². The summed E-state index contributed by atoms with van der Waals surface area (Å²) in [6.07, 6.45) is -2.94. The van der Waals surface area contributed by atoms with E-state index in [1.807, 2.05) is 0 Å². The molecule has 10 heteroatoms. The Morgan fingerprint density at radius 1 is 0.917 bits per heavy atom. The number of rotatable bonds is 3. The van der Waals surface area contributed by atoms with Crippen LogP contribution in [0.3, 0.4) is 0 Å². The van der Waals surface area contributed by atoms with Crippen LogP contribution in [0.1, 0.15) is 0 Å². The molecule has 0 aliphatic heterocycles. The third-order valence-electron chi connectivity index (χ3n) is 0.566. The molecule has 0 atom stereocenters. The van der Waals surface area contributed by atoms with Gasteiger partial charge in [-0.15, -0.1) is 0 Å². The lowest BCUT2D eigenvalue weighted by atomic mass is 10.9. The van der Waals surface area contributed by atoms with Crippen molar-refractivity contribution in [3.05, 3.63) is 30.3 Å². The lowest BCUT2D eigenvalue weighted by molar-refractivity contribution is -0.912. The first-order valence-electron chi connectivity index (χ1n) is 2.45. The van der Waals surface area contributed by atoms with Crippen LogP contribution < -0.4 is 5.73 Å². The summed E-state index contributed by atoms with van der Waals surface area (Å²) >= 11 is 0. The van der Waals surface area contributed by atoms with Crippen molar-refractivity contribution in [2.24, 2.45) is 5.73 Å². The Bertz CT molecular complexity index is 157. The van der Waals surface area contributed by atoms with Crippen LogP contribution in [0.5, 0.6) is 0 Å². The van der Waals surface area contributed by atoms with Crippen molar-refractivity contribution in [3.8, 4) is 0 Å². The van der Waals surface area contributed by atoms with E-state index in [0.717, 1.165) is 0 Å². The minimum atomic E-state index is -2.94. The Kier molecular flexibility index (Phi) is 6.30. The van der Waals surface area contributed by atoms with Gasteiger partial charge in [-0.2, -0.15) is 0 Å². The number of nitrogens with two attached hydrogens (primary N) is 1. The van der Waals surface area contributed by atoms with Crippen LogP contribution in [0.4, 0.5) is 0 Å². The second-order valence-electron chi connectivity index (χ2n) is 1.20. The topological polar surface area (TPSA) is 155 Å². The average Bonchev–Trinajstić information content (AvgIpc) is 1.88. The molecule has 0 amide bonds. The molecule has 0 fully saturated rings. The molecular weight excluding hydrogens is 176 g/mol. The average molecular weight is 182 g/mol. The first-order valence-corrected chi connectivity index (χ1v) is 2.45. The summed E-state index contributed by atoms with van der Waals surface area (Å²) in [7, 11) is 1.50. The van der Waals surface area contributed by atoms with Gasteiger partial charge in [0.25, 0.3) is 0 Å². The molecule has 0 spiro atoms. The standard InChI is InChI=1S/CHN3O6.CH5N/c5-2(6)1(3(7)8)4(9)10;1-2/h1H;2H2,1H3. The van der Waals surface area contributed by atoms with Gasteiger partial charge in [0.05, 0.1) is 0 Å². The SMILES string of the molecule is CN.O=[N+]([O-])C([N+](=O)[O-])[N+](=O)[O-]. The Morgan fingerprint density at radius 3 is 1.08 bits per heavy atom. The van der Waals surface area contributed by atoms with Gasteiger partial charge in [-0.05, 0) is 7.05 Å². The lowest BCUT2D eigenvalue weighted by Crippen LogP contribution is -2.36. The number of hydrogen-bond donors (Lipinski definition) is 1. The van der Waals surface area contributed by atoms with Gasteiger partial charge in [0.2, 0.25) is 0 Å². The summed E-state index contributed by atoms with van der Waals surface area (Å²) in [6.45, 7) is 0. The number of hydrogen-bond acceptors (Lipinski definition) is 7. The maximum atomic E-state index is 9.50. The Hall–Kier alpha value is -1.84. The number of nitrogens with zero attached hydrogens (tertiary/aromatic N) is 3. The largest absolute Gasteiger partial charge is 0.693 e. The van der Waals surface area contributed by atoms with Gasteiger partial charge in [-0.1, -0.05) is 0 Å². The summed E-state index contributed by atoms with van der Waals surface area (Å²) in [5.41, 5.74) is 4.50. The molecule has 0 bridgehead atoms. The summed E-state index contributed by atoms with van der Waals surface area (Å²) in [4.78, 5) is 23.8. The van der Waals surface area contributed by atoms with Crippen LogP contribution in [0.25, 0.3) is 0 Å². The Balaban J connectivity index is 0. The van der Waals surface area contributed by atoms with E-state index in [9.17, 15) is 30.3 Å². The molecule has 10 nitrogen and oxygen atoms in total. The molecule has 12 heavy (non-hydrogen) atoms. The van der Waals surface area contributed by atoms with Gasteiger partial charge in [0.15, 0.2) is 14.8 Å². The van der Waals surface area contributed by atoms with Crippen molar-refractivity contribution in [1.82, 2.24) is 0 Å². The molecule has 0 aromatic rings. The second-order valence-corrected chi connectivity index (χ2v) is 1.20. The van der Waals surface area contributed by atoms with E-state index in [4.69, 9.17) is 0 Å². The molecule has 0 heterocycles. The minimum absolute atomic E-state index is 1.50. The molecule has 0 aliphatic rings. The zero-order valence-electron chi connectivity index (χ0n) is 5.95. The fraction of sp³-hybridized carbons (Fsp3) is 1.00. The molecule has 0 radical (unpaired) electrons. The smallest absolute Gasteiger partial charge is 0.333 e. The van der Waals surface area contributed by atoms with Gasteiger partial charge in [-0.3, -0.25) is 30.3 Å². The van der Waals surface area contributed by atoms with Crippen LogP contribution in [0.15, 0.2) is 0 Å². The molecule has 0 unspecified atom stereocenters. The van der Waals surface area contributed by atoms with Crippen LogP contribution in [0, 0.1) is 30.3 Å². The summed E-state index contributed by atoms with van der Waals surface area (Å²) in [5, 5.41) is 28.5. The second kappa shape index (κ2) is 5.91. The highest BCUT2D eigenvalue weighted by atomic mass is 16.7. The zero-order valence-corrected chi connectivity index (χ0v) is 5.95. The lowest BCUT2D eigenvalue weighted by Gasteiger charge is -1.90. The van der Waals surface area contributed by atoms with E-state index in [1.54, 1.807) is 0 Å². The van der Waals surface area contributed by atoms with Crippen molar-refractivity contribution in [2.75, 3.05) is 7.05 Å². The van der Waals surface area contributed by atoms with Crippen LogP contribution in [-0.4, -0.2) is 28.1 Å². The highest BCUT2D eigenvalue weighted by Gasteiger charge is 2.45. The zero-order chi connectivity index (χ0) is 10.3. The highest BCUT2D eigenvalue weighted by molar-refractivity contribution is 4.19. The first-order chi connectivity index (χ1) is 5.46. The van der Waals surface area contributed by atoms with Gasteiger partial charge >= 0.3 is 6.29 Å². The maximum absolute atomic E-state index is 9.50. The fourth-order valence-electron chi connectivity index (χ4n) is 0.231. The molecule has 0 aliphatic carbocycles. The molecule has 0 aromatic heterocycles. The van der Waals surface area contributed by atoms with E-state index in [1.165, 1.54) is 7.05 Å². The van der Waals surface area contributed by atoms with Gasteiger partial charge in [0.1, 0.15) is 0 Å². The normalized spacial score (nSPS) is 8.25. The molecule has 2 N–H and O–H groups in total. The van der Waals surface area contributed by atoms with Crippen molar-refractivity contribution in [1.29, 1.82) is 0 Å². The van der Waals surface area contributed by atoms with Crippen LogP contribution in [0.2, 0.25) is 0 Å². The maximum Gasteiger partial charge on any atom is 0.693 e. The van der Waals surface area contributed by atoms with Gasteiger partial charge < -0.3 is 5.73 Å². The van der Waals surface area contributed by atoms with Gasteiger partial charge in [0, 0.05) is 0 Å². The van der Waals surface area contributed by atoms with Crippen molar-refractivity contribution < 1.29 is 14.8 Å². The third kappa shape index (κ3) is 4.05. The summed E-state index contributed by atoms with van der Waals surface area (Å²) < 4.78 is 0. The predicted octanol–water partition coefficient (Wildman–Crippen LogP) is -1.32. The molecule has 0 saturated heterocycles. The molecule has 0 rings (SSSR count).